The van der Waals surface area contributed by atoms with Crippen LogP contribution in [0.15, 0.2) is 0 Å². The first-order valence-corrected chi connectivity index (χ1v) is 12.8. The molecule has 0 bridgehead atoms. The van der Waals surface area contributed by atoms with Crippen LogP contribution in [0.5, 0.6) is 0 Å². The number of nitrogens with one attached hydrogen (secondary N) is 3. The van der Waals surface area contributed by atoms with Crippen molar-refractivity contribution in [2.24, 2.45) is 29.0 Å². The standard InChI is InChI=1S/C24H48N6O5/c1-5-16(4)20(24(34)35)30-23(33)19(14-15(2)3)29-22(32)18(11-7-9-13-26)28-21(31)17(27)10-6-8-12-25/h15-20H,5-14,25-27H2,1-4H3,(H,28,31)(H,29,32)(H,30,33)(H,34,35)/t16-,17-,18-,19-,20-/m0/s1. The number of carbonyl (C=O) groups excluding carboxylic acids is 3. The van der Waals surface area contributed by atoms with Crippen molar-refractivity contribution in [3.05, 3.63) is 0 Å². The van der Waals surface area contributed by atoms with E-state index in [1.54, 1.807) is 6.92 Å². The van der Waals surface area contributed by atoms with Gasteiger partial charge in [0.25, 0.3) is 0 Å². The molecule has 0 spiro atoms. The van der Waals surface area contributed by atoms with Gasteiger partial charge in [0, 0.05) is 0 Å². The number of aliphatic carboxylic acids is 1. The summed E-state index contributed by atoms with van der Waals surface area (Å²) in [7, 11) is 0. The monoisotopic (exact) mass is 500 g/mol. The number of hydrogen-bond donors (Lipinski definition) is 7. The first-order chi connectivity index (χ1) is 16.5. The molecule has 0 heterocycles. The molecule has 5 atom stereocenters. The van der Waals surface area contributed by atoms with E-state index in [1.165, 1.54) is 0 Å². The second-order valence-corrected chi connectivity index (χ2v) is 9.64. The van der Waals surface area contributed by atoms with Gasteiger partial charge < -0.3 is 38.3 Å². The molecule has 35 heavy (non-hydrogen) atoms. The third kappa shape index (κ3) is 13.4. The van der Waals surface area contributed by atoms with Crippen molar-refractivity contribution in [1.82, 2.24) is 16.0 Å². The molecule has 0 saturated carbocycles. The summed E-state index contributed by atoms with van der Waals surface area (Å²) in [5.74, 6) is -2.87. The fraction of sp³-hybridized carbons (Fsp3) is 0.833. The van der Waals surface area contributed by atoms with Gasteiger partial charge in [-0.3, -0.25) is 14.4 Å². The minimum absolute atomic E-state index is 0.0548. The number of carboxylic acids is 1. The fourth-order valence-corrected chi connectivity index (χ4v) is 3.59. The summed E-state index contributed by atoms with van der Waals surface area (Å²) < 4.78 is 0. The van der Waals surface area contributed by atoms with E-state index in [9.17, 15) is 24.3 Å². The molecular weight excluding hydrogens is 452 g/mol. The van der Waals surface area contributed by atoms with E-state index in [-0.39, 0.29) is 11.8 Å². The summed E-state index contributed by atoms with van der Waals surface area (Å²) >= 11 is 0. The van der Waals surface area contributed by atoms with Crippen molar-refractivity contribution < 1.29 is 24.3 Å². The lowest BCUT2D eigenvalue weighted by Gasteiger charge is -2.27. The molecule has 0 aromatic carbocycles. The molecule has 0 aromatic rings. The third-order valence-corrected chi connectivity index (χ3v) is 6.00. The first kappa shape index (κ1) is 32.8. The van der Waals surface area contributed by atoms with Crippen LogP contribution in [0.2, 0.25) is 0 Å². The zero-order valence-corrected chi connectivity index (χ0v) is 21.8. The average Bonchev–Trinajstić information content (AvgIpc) is 2.80. The Morgan fingerprint density at radius 2 is 1.29 bits per heavy atom. The van der Waals surface area contributed by atoms with E-state index in [2.05, 4.69) is 16.0 Å². The van der Waals surface area contributed by atoms with Crippen LogP contribution in [0.25, 0.3) is 0 Å². The second-order valence-electron chi connectivity index (χ2n) is 9.64. The first-order valence-electron chi connectivity index (χ1n) is 12.8. The Morgan fingerprint density at radius 3 is 1.77 bits per heavy atom. The summed E-state index contributed by atoms with van der Waals surface area (Å²) in [6, 6.07) is -3.67. The smallest absolute Gasteiger partial charge is 0.326 e. The van der Waals surface area contributed by atoms with Crippen molar-refractivity contribution >= 4 is 23.7 Å². The van der Waals surface area contributed by atoms with Gasteiger partial charge in [0.05, 0.1) is 6.04 Å². The highest BCUT2D eigenvalue weighted by Crippen LogP contribution is 2.12. The van der Waals surface area contributed by atoms with Gasteiger partial charge in [0.15, 0.2) is 0 Å². The molecule has 204 valence electrons. The van der Waals surface area contributed by atoms with E-state index in [0.29, 0.717) is 58.0 Å². The number of hydrogen-bond acceptors (Lipinski definition) is 7. The summed E-state index contributed by atoms with van der Waals surface area (Å²) in [4.78, 5) is 50.4. The van der Waals surface area contributed by atoms with E-state index in [0.717, 1.165) is 6.42 Å². The van der Waals surface area contributed by atoms with Crippen LogP contribution >= 0.6 is 0 Å². The van der Waals surface area contributed by atoms with Gasteiger partial charge in [0.2, 0.25) is 17.7 Å². The molecule has 0 unspecified atom stereocenters. The van der Waals surface area contributed by atoms with Gasteiger partial charge in [-0.15, -0.1) is 0 Å². The highest BCUT2D eigenvalue weighted by molar-refractivity contribution is 5.94. The van der Waals surface area contributed by atoms with Gasteiger partial charge in [-0.25, -0.2) is 4.79 Å². The fourth-order valence-electron chi connectivity index (χ4n) is 3.59. The van der Waals surface area contributed by atoms with Gasteiger partial charge in [-0.05, 0) is 63.5 Å². The number of unbranched alkanes of at least 4 members (excludes halogenated alkanes) is 2. The van der Waals surface area contributed by atoms with Gasteiger partial charge in [0.1, 0.15) is 18.1 Å². The number of amides is 3. The minimum atomic E-state index is -1.13. The van der Waals surface area contributed by atoms with E-state index >= 15 is 0 Å². The van der Waals surface area contributed by atoms with Crippen LogP contribution in [0.4, 0.5) is 0 Å². The maximum Gasteiger partial charge on any atom is 0.326 e. The second kappa shape index (κ2) is 18.1. The Labute approximate surface area is 209 Å². The number of nitrogens with two attached hydrogens (primary N) is 3. The Kier molecular flexibility index (Phi) is 16.9. The lowest BCUT2D eigenvalue weighted by molar-refractivity contribution is -0.144. The predicted molar refractivity (Wildman–Crippen MR) is 136 cm³/mol. The van der Waals surface area contributed by atoms with Crippen molar-refractivity contribution in [1.29, 1.82) is 0 Å². The highest BCUT2D eigenvalue weighted by atomic mass is 16.4. The van der Waals surface area contributed by atoms with Crippen molar-refractivity contribution in [2.45, 2.75) is 103 Å². The topological polar surface area (TPSA) is 203 Å². The minimum Gasteiger partial charge on any atom is -0.480 e. The molecule has 11 heteroatoms. The molecule has 0 aliphatic rings. The van der Waals surface area contributed by atoms with Crippen LogP contribution in [-0.2, 0) is 19.2 Å². The highest BCUT2D eigenvalue weighted by Gasteiger charge is 2.32. The van der Waals surface area contributed by atoms with Gasteiger partial charge in [-0.1, -0.05) is 40.5 Å². The van der Waals surface area contributed by atoms with Crippen LogP contribution in [0.1, 0.15) is 79.1 Å². The number of carbonyl (C=O) groups is 4. The van der Waals surface area contributed by atoms with E-state index in [4.69, 9.17) is 17.2 Å². The molecule has 0 fully saturated rings. The molecule has 0 aliphatic carbocycles. The lowest BCUT2D eigenvalue weighted by atomic mass is 9.97. The van der Waals surface area contributed by atoms with Crippen LogP contribution in [-0.4, -0.2) is 66.1 Å². The van der Waals surface area contributed by atoms with Crippen molar-refractivity contribution in [3.8, 4) is 0 Å². The number of rotatable bonds is 19. The van der Waals surface area contributed by atoms with E-state index in [1.807, 2.05) is 20.8 Å². The maximum atomic E-state index is 13.2. The summed E-state index contributed by atoms with van der Waals surface area (Å²) in [6.07, 6.45) is 4.40. The molecule has 11 nitrogen and oxygen atoms in total. The average molecular weight is 501 g/mol. The zero-order chi connectivity index (χ0) is 27.0. The zero-order valence-electron chi connectivity index (χ0n) is 21.8. The molecular formula is C24H48N6O5. The van der Waals surface area contributed by atoms with Crippen molar-refractivity contribution in [2.75, 3.05) is 13.1 Å². The largest absolute Gasteiger partial charge is 0.480 e. The normalized spacial score (nSPS) is 15.5. The molecule has 0 aliphatic heterocycles. The summed E-state index contributed by atoms with van der Waals surface area (Å²) in [6.45, 7) is 8.35. The molecule has 3 amide bonds. The predicted octanol–water partition coefficient (Wildman–Crippen LogP) is 0.203. The Morgan fingerprint density at radius 1 is 0.771 bits per heavy atom. The molecule has 0 saturated heterocycles. The Hall–Kier alpha value is -2.24. The summed E-state index contributed by atoms with van der Waals surface area (Å²) in [5.41, 5.74) is 17.0. The summed E-state index contributed by atoms with van der Waals surface area (Å²) in [5, 5.41) is 17.5. The van der Waals surface area contributed by atoms with Gasteiger partial charge in [-0.2, -0.15) is 0 Å². The third-order valence-electron chi connectivity index (χ3n) is 6.00. The lowest BCUT2D eigenvalue weighted by Crippen LogP contribution is -2.58. The number of carboxylic acid groups (broad SMARTS) is 1. The quantitative estimate of drug-likeness (QED) is 0.122. The molecule has 0 rings (SSSR count). The van der Waals surface area contributed by atoms with Crippen molar-refractivity contribution in [3.63, 3.8) is 0 Å². The molecule has 10 N–H and O–H groups in total. The van der Waals surface area contributed by atoms with Crippen LogP contribution in [0, 0.1) is 11.8 Å². The molecule has 0 radical (unpaired) electrons. The Bertz CT molecular complexity index is 660. The maximum absolute atomic E-state index is 13.2. The van der Waals surface area contributed by atoms with Crippen LogP contribution < -0.4 is 33.2 Å². The van der Waals surface area contributed by atoms with Gasteiger partial charge >= 0.3 is 5.97 Å². The Balaban J connectivity index is 5.48. The van der Waals surface area contributed by atoms with E-state index < -0.39 is 47.9 Å². The molecule has 0 aromatic heterocycles. The SMILES string of the molecule is CC[C@H](C)[C@H](NC(=O)[C@H](CC(C)C)NC(=O)[C@H](CCCCN)NC(=O)[C@@H](N)CCCCN)C(=O)O. The van der Waals surface area contributed by atoms with Crippen LogP contribution in [0.3, 0.4) is 0 Å².